The van der Waals surface area contributed by atoms with E-state index >= 15 is 0 Å². The first-order valence-corrected chi connectivity index (χ1v) is 12.2. The molecule has 2 aromatic carbocycles. The SMILES string of the molecule is CCC(=O)C1=C[C@]23C=C[C@@]1(c1ccccc1)[C@@]2(C)CC[C@@H]1c2ccc(OC)cc2CC[C@H]13. The molecule has 2 bridgehead atoms. The van der Waals surface area contributed by atoms with E-state index in [1.165, 1.54) is 29.5 Å². The molecule has 0 heterocycles. The normalized spacial score (nSPS) is 36.2. The van der Waals surface area contributed by atoms with E-state index in [1.807, 2.05) is 6.92 Å². The summed E-state index contributed by atoms with van der Waals surface area (Å²) < 4.78 is 5.51. The Kier molecular flexibility index (Phi) is 4.19. The molecule has 1 fully saturated rings. The maximum absolute atomic E-state index is 13.4. The third kappa shape index (κ3) is 2.19. The Labute approximate surface area is 191 Å². The summed E-state index contributed by atoms with van der Waals surface area (Å²) in [6, 6.07) is 17.5. The van der Waals surface area contributed by atoms with Crippen molar-refractivity contribution in [2.24, 2.45) is 16.7 Å². The van der Waals surface area contributed by atoms with Crippen LogP contribution in [-0.2, 0) is 16.6 Å². The van der Waals surface area contributed by atoms with Gasteiger partial charge in [-0.05, 0) is 71.8 Å². The van der Waals surface area contributed by atoms with Crippen LogP contribution in [0.25, 0.3) is 0 Å². The molecule has 4 aliphatic rings. The van der Waals surface area contributed by atoms with Gasteiger partial charge in [-0.3, -0.25) is 4.79 Å². The van der Waals surface area contributed by atoms with E-state index in [-0.39, 0.29) is 16.2 Å². The summed E-state index contributed by atoms with van der Waals surface area (Å²) in [5.74, 6) is 2.35. The molecule has 2 heteroatoms. The lowest BCUT2D eigenvalue weighted by Crippen LogP contribution is -2.52. The van der Waals surface area contributed by atoms with Crippen molar-refractivity contribution in [1.82, 2.24) is 0 Å². The summed E-state index contributed by atoms with van der Waals surface area (Å²) in [6.45, 7) is 4.49. The largest absolute Gasteiger partial charge is 0.497 e. The molecule has 164 valence electrons. The van der Waals surface area contributed by atoms with Crippen LogP contribution >= 0.6 is 0 Å². The standard InChI is InChI=1S/C30H32O2/c1-4-27(31)26-19-29-16-17-30(26,21-8-6-5-7-9-21)28(29,2)15-14-24-23-12-11-22(32-3)18-20(23)10-13-25(24)29/h5-9,11-12,16-19,24-25H,4,10,13-15H2,1-3H3/t24-,25-,28+,29+,30+/m1/s1. The van der Waals surface area contributed by atoms with Crippen LogP contribution < -0.4 is 4.74 Å². The van der Waals surface area contributed by atoms with Crippen molar-refractivity contribution >= 4 is 5.78 Å². The molecule has 0 N–H and O–H groups in total. The summed E-state index contributed by atoms with van der Waals surface area (Å²) in [5.41, 5.74) is 4.95. The molecule has 5 atom stereocenters. The summed E-state index contributed by atoms with van der Waals surface area (Å²) in [6.07, 6.45) is 12.5. The average Bonchev–Trinajstić information content (AvgIpc) is 3.25. The molecule has 0 aromatic heterocycles. The second kappa shape index (κ2) is 6.70. The molecule has 0 unspecified atom stereocenters. The molecule has 0 saturated heterocycles. The van der Waals surface area contributed by atoms with Crippen molar-refractivity contribution in [2.45, 2.75) is 57.3 Å². The molecule has 0 amide bonds. The topological polar surface area (TPSA) is 26.3 Å². The zero-order chi connectivity index (χ0) is 22.1. The summed E-state index contributed by atoms with van der Waals surface area (Å²) in [4.78, 5) is 13.4. The highest BCUT2D eigenvalue weighted by Crippen LogP contribution is 2.77. The van der Waals surface area contributed by atoms with Gasteiger partial charge in [0.15, 0.2) is 5.78 Å². The minimum absolute atomic E-state index is 0.00660. The number of rotatable bonds is 4. The zero-order valence-electron chi connectivity index (χ0n) is 19.4. The van der Waals surface area contributed by atoms with E-state index in [2.05, 4.69) is 73.7 Å². The average molecular weight is 425 g/mol. The third-order valence-electron chi connectivity index (χ3n) is 9.62. The Morgan fingerprint density at radius 3 is 2.66 bits per heavy atom. The Hall–Kier alpha value is -2.61. The van der Waals surface area contributed by atoms with Crippen molar-refractivity contribution in [2.75, 3.05) is 7.11 Å². The van der Waals surface area contributed by atoms with E-state index < -0.39 is 0 Å². The van der Waals surface area contributed by atoms with E-state index in [0.717, 1.165) is 24.2 Å². The number of methoxy groups -OCH3 is 1. The van der Waals surface area contributed by atoms with E-state index in [9.17, 15) is 4.79 Å². The number of hydrogen-bond acceptors (Lipinski definition) is 2. The number of ketones is 1. The molecular formula is C30H32O2. The Morgan fingerprint density at radius 1 is 1.09 bits per heavy atom. The quantitative estimate of drug-likeness (QED) is 0.520. The van der Waals surface area contributed by atoms with Gasteiger partial charge in [-0.15, -0.1) is 0 Å². The van der Waals surface area contributed by atoms with E-state index in [1.54, 1.807) is 7.11 Å². The Morgan fingerprint density at radius 2 is 1.91 bits per heavy atom. The van der Waals surface area contributed by atoms with Gasteiger partial charge in [0.2, 0.25) is 0 Å². The van der Waals surface area contributed by atoms with Gasteiger partial charge in [0, 0.05) is 22.8 Å². The lowest BCUT2D eigenvalue weighted by Gasteiger charge is -2.57. The van der Waals surface area contributed by atoms with E-state index in [0.29, 0.717) is 24.0 Å². The maximum atomic E-state index is 13.4. The highest BCUT2D eigenvalue weighted by Gasteiger charge is 2.72. The van der Waals surface area contributed by atoms with Gasteiger partial charge in [-0.1, -0.05) is 68.5 Å². The monoisotopic (exact) mass is 424 g/mol. The van der Waals surface area contributed by atoms with Gasteiger partial charge in [-0.25, -0.2) is 0 Å². The van der Waals surface area contributed by atoms with E-state index in [4.69, 9.17) is 4.74 Å². The molecule has 0 aliphatic heterocycles. The molecule has 0 spiro atoms. The summed E-state index contributed by atoms with van der Waals surface area (Å²) in [7, 11) is 1.75. The van der Waals surface area contributed by atoms with Gasteiger partial charge >= 0.3 is 0 Å². The van der Waals surface area contributed by atoms with Crippen LogP contribution in [0.15, 0.2) is 72.3 Å². The zero-order valence-corrected chi connectivity index (χ0v) is 19.4. The number of aryl methyl sites for hydroxylation is 1. The molecule has 6 rings (SSSR count). The minimum atomic E-state index is -0.299. The first-order valence-electron chi connectivity index (χ1n) is 12.2. The van der Waals surface area contributed by atoms with Gasteiger partial charge in [0.25, 0.3) is 0 Å². The number of carbonyl (C=O) groups is 1. The smallest absolute Gasteiger partial charge is 0.159 e. The lowest BCUT2D eigenvalue weighted by molar-refractivity contribution is -0.116. The third-order valence-corrected chi connectivity index (χ3v) is 9.62. The maximum Gasteiger partial charge on any atom is 0.159 e. The summed E-state index contributed by atoms with van der Waals surface area (Å²) >= 11 is 0. The summed E-state index contributed by atoms with van der Waals surface area (Å²) in [5, 5.41) is 0. The van der Waals surface area contributed by atoms with Crippen LogP contribution in [0, 0.1) is 16.7 Å². The molecule has 0 radical (unpaired) electrons. The first kappa shape index (κ1) is 20.0. The van der Waals surface area contributed by atoms with Crippen molar-refractivity contribution < 1.29 is 9.53 Å². The number of carbonyl (C=O) groups excluding carboxylic acids is 1. The molecule has 2 aromatic rings. The number of benzene rings is 2. The van der Waals surface area contributed by atoms with Crippen molar-refractivity contribution in [3.63, 3.8) is 0 Å². The highest BCUT2D eigenvalue weighted by molar-refractivity contribution is 6.00. The molecule has 2 nitrogen and oxygen atoms in total. The molecule has 32 heavy (non-hydrogen) atoms. The van der Waals surface area contributed by atoms with Crippen LogP contribution in [0.5, 0.6) is 5.75 Å². The number of Topliss-reactive ketones (excluding diaryl/α,β-unsaturated/α-hetero) is 1. The first-order chi connectivity index (χ1) is 15.5. The molecule has 1 saturated carbocycles. The fraction of sp³-hybridized carbons (Fsp3) is 0.433. The second-order valence-corrected chi connectivity index (χ2v) is 10.5. The number of ether oxygens (including phenoxy) is 1. The second-order valence-electron chi connectivity index (χ2n) is 10.5. The van der Waals surface area contributed by atoms with Gasteiger partial charge in [-0.2, -0.15) is 0 Å². The van der Waals surface area contributed by atoms with Crippen LogP contribution in [0.1, 0.15) is 62.1 Å². The molecular weight excluding hydrogens is 392 g/mol. The van der Waals surface area contributed by atoms with Crippen molar-refractivity contribution in [1.29, 1.82) is 0 Å². The van der Waals surface area contributed by atoms with Crippen molar-refractivity contribution in [3.8, 4) is 5.75 Å². The Bertz CT molecular complexity index is 1160. The number of allylic oxidation sites excluding steroid dienone is 4. The number of fused-ring (bicyclic) bond motifs is 3. The highest BCUT2D eigenvalue weighted by atomic mass is 16.5. The lowest BCUT2D eigenvalue weighted by atomic mass is 9.45. The number of hydrogen-bond donors (Lipinski definition) is 0. The minimum Gasteiger partial charge on any atom is -0.497 e. The van der Waals surface area contributed by atoms with Gasteiger partial charge in [0.1, 0.15) is 5.75 Å². The van der Waals surface area contributed by atoms with Crippen LogP contribution in [0.2, 0.25) is 0 Å². The predicted molar refractivity (Wildman–Crippen MR) is 128 cm³/mol. The predicted octanol–water partition coefficient (Wildman–Crippen LogP) is 6.55. The fourth-order valence-electron chi connectivity index (χ4n) is 8.12. The fourth-order valence-corrected chi connectivity index (χ4v) is 8.12. The van der Waals surface area contributed by atoms with Gasteiger partial charge in [0.05, 0.1) is 7.11 Å². The van der Waals surface area contributed by atoms with Crippen LogP contribution in [0.4, 0.5) is 0 Å². The van der Waals surface area contributed by atoms with Crippen LogP contribution in [0.3, 0.4) is 0 Å². The van der Waals surface area contributed by atoms with Crippen molar-refractivity contribution in [3.05, 3.63) is 89.0 Å². The van der Waals surface area contributed by atoms with Crippen LogP contribution in [-0.4, -0.2) is 12.9 Å². The Balaban J connectivity index is 1.52. The van der Waals surface area contributed by atoms with Gasteiger partial charge < -0.3 is 4.74 Å². The molecule has 4 aliphatic carbocycles.